The minimum absolute atomic E-state index is 0.0627. The van der Waals surface area contributed by atoms with Gasteiger partial charge in [0.25, 0.3) is 0 Å². The minimum Gasteiger partial charge on any atom is -0.358 e. The lowest BCUT2D eigenvalue weighted by molar-refractivity contribution is -0.165. The lowest BCUT2D eigenvalue weighted by atomic mass is 10.0. The van der Waals surface area contributed by atoms with Crippen molar-refractivity contribution in [1.29, 1.82) is 5.26 Å². The van der Waals surface area contributed by atoms with E-state index in [9.17, 15) is 27.6 Å². The first-order valence-corrected chi connectivity index (χ1v) is 11.8. The van der Waals surface area contributed by atoms with Crippen LogP contribution in [0.5, 0.6) is 0 Å². The first-order chi connectivity index (χ1) is 18.5. The van der Waals surface area contributed by atoms with Gasteiger partial charge >= 0.3 is 6.18 Å². The van der Waals surface area contributed by atoms with E-state index in [0.717, 1.165) is 11.8 Å². The van der Waals surface area contributed by atoms with Crippen LogP contribution in [0.4, 0.5) is 34.9 Å². The van der Waals surface area contributed by atoms with Gasteiger partial charge in [0.2, 0.25) is 5.91 Å². The van der Waals surface area contributed by atoms with Gasteiger partial charge in [0.1, 0.15) is 23.1 Å². The minimum atomic E-state index is -4.47. The monoisotopic (exact) mass is 539 g/mol. The van der Waals surface area contributed by atoms with Crippen LogP contribution in [0.3, 0.4) is 0 Å². The highest BCUT2D eigenvalue weighted by Crippen LogP contribution is 2.59. The maximum absolute atomic E-state index is 14.9. The van der Waals surface area contributed by atoms with E-state index in [1.807, 2.05) is 6.92 Å². The molecule has 0 atom stereocenters. The fraction of sp³-hybridized carbons (Fsp3) is 0.269. The Morgan fingerprint density at radius 1 is 1.23 bits per heavy atom. The first kappa shape index (κ1) is 25.9. The van der Waals surface area contributed by atoms with Crippen molar-refractivity contribution in [2.75, 3.05) is 10.6 Å². The standard InChI is InChI=1S/C26H21F4N7O2/c1-14-20(13-37(2)35-14)33-24-17(11-31)7-18(12-32-24)15-3-4-16(19(27)8-15)9-23(38)34-22-10-21(39-36-22)25(5-6-25)26(28,29)30/h3-4,7-8,10,12-13H,5-6,9H2,1-2H3,(H,32,33)(H,34,36,38). The fourth-order valence-electron chi connectivity index (χ4n) is 4.24. The number of nitrogens with one attached hydrogen (secondary N) is 2. The molecular weight excluding hydrogens is 518 g/mol. The van der Waals surface area contributed by atoms with E-state index >= 15 is 0 Å². The number of rotatable bonds is 7. The summed E-state index contributed by atoms with van der Waals surface area (Å²) >= 11 is 0. The zero-order chi connectivity index (χ0) is 27.9. The predicted octanol–water partition coefficient (Wildman–Crippen LogP) is 5.31. The van der Waals surface area contributed by atoms with Crippen molar-refractivity contribution in [2.45, 2.75) is 37.8 Å². The van der Waals surface area contributed by atoms with Gasteiger partial charge in [0.15, 0.2) is 11.6 Å². The van der Waals surface area contributed by atoms with Gasteiger partial charge in [-0.2, -0.15) is 23.5 Å². The molecule has 13 heteroatoms. The van der Waals surface area contributed by atoms with Gasteiger partial charge in [-0.1, -0.05) is 17.3 Å². The maximum atomic E-state index is 14.9. The molecule has 0 bridgehead atoms. The Bertz CT molecular complexity index is 1610. The Morgan fingerprint density at radius 2 is 2.00 bits per heavy atom. The second-order valence-corrected chi connectivity index (χ2v) is 9.35. The number of carbonyl (C=O) groups is 1. The third-order valence-electron chi connectivity index (χ3n) is 6.55. The van der Waals surface area contributed by atoms with Crippen LogP contribution >= 0.6 is 0 Å². The molecule has 3 aromatic heterocycles. The van der Waals surface area contributed by atoms with Crippen LogP contribution in [-0.2, 0) is 23.7 Å². The summed E-state index contributed by atoms with van der Waals surface area (Å²) in [7, 11) is 1.77. The normalized spacial score (nSPS) is 14.1. The van der Waals surface area contributed by atoms with Crippen molar-refractivity contribution >= 4 is 23.2 Å². The molecule has 1 aliphatic rings. The molecule has 0 saturated heterocycles. The van der Waals surface area contributed by atoms with Crippen molar-refractivity contribution in [3.05, 3.63) is 71.1 Å². The van der Waals surface area contributed by atoms with Crippen molar-refractivity contribution in [2.24, 2.45) is 7.05 Å². The van der Waals surface area contributed by atoms with E-state index in [1.54, 1.807) is 30.1 Å². The summed E-state index contributed by atoms with van der Waals surface area (Å²) < 4.78 is 61.1. The van der Waals surface area contributed by atoms with E-state index in [4.69, 9.17) is 4.52 Å². The molecule has 9 nitrogen and oxygen atoms in total. The molecule has 0 unspecified atom stereocenters. The molecule has 0 radical (unpaired) electrons. The highest BCUT2D eigenvalue weighted by molar-refractivity contribution is 5.91. The Labute approximate surface area is 219 Å². The predicted molar refractivity (Wildman–Crippen MR) is 131 cm³/mol. The summed E-state index contributed by atoms with van der Waals surface area (Å²) in [5.74, 6) is -1.56. The highest BCUT2D eigenvalue weighted by Gasteiger charge is 2.66. The van der Waals surface area contributed by atoms with Crippen LogP contribution in [-0.4, -0.2) is 32.0 Å². The third kappa shape index (κ3) is 5.05. The van der Waals surface area contributed by atoms with Gasteiger partial charge in [-0.05, 0) is 43.0 Å². The van der Waals surface area contributed by atoms with Crippen LogP contribution in [0, 0.1) is 24.1 Å². The van der Waals surface area contributed by atoms with Gasteiger partial charge in [-0.25, -0.2) is 9.37 Å². The molecule has 2 N–H and O–H groups in total. The van der Waals surface area contributed by atoms with Crippen molar-refractivity contribution in [1.82, 2.24) is 19.9 Å². The summed E-state index contributed by atoms with van der Waals surface area (Å²) in [5, 5.41) is 22.8. The topological polar surface area (TPSA) is 122 Å². The molecule has 200 valence electrons. The number of nitriles is 1. The van der Waals surface area contributed by atoms with Crippen LogP contribution in [0.15, 0.2) is 47.2 Å². The number of nitrogens with zero attached hydrogens (tertiary/aromatic N) is 5. The molecule has 0 aliphatic heterocycles. The van der Waals surface area contributed by atoms with E-state index < -0.39 is 23.3 Å². The van der Waals surface area contributed by atoms with E-state index in [-0.39, 0.29) is 42.0 Å². The molecule has 5 rings (SSSR count). The van der Waals surface area contributed by atoms with Crippen LogP contribution in [0.2, 0.25) is 0 Å². The molecule has 39 heavy (non-hydrogen) atoms. The average Bonchev–Trinajstić information content (AvgIpc) is 3.48. The smallest absolute Gasteiger partial charge is 0.358 e. The molecule has 1 saturated carbocycles. The van der Waals surface area contributed by atoms with Crippen LogP contribution < -0.4 is 10.6 Å². The van der Waals surface area contributed by atoms with Gasteiger partial charge in [0, 0.05) is 31.1 Å². The first-order valence-electron chi connectivity index (χ1n) is 11.8. The fourth-order valence-corrected chi connectivity index (χ4v) is 4.24. The highest BCUT2D eigenvalue weighted by atomic mass is 19.4. The summed E-state index contributed by atoms with van der Waals surface area (Å²) in [5.41, 5.74) is 0.592. The number of pyridine rings is 1. The van der Waals surface area contributed by atoms with Crippen molar-refractivity contribution in [3.8, 4) is 17.2 Å². The second-order valence-electron chi connectivity index (χ2n) is 9.35. The second kappa shape index (κ2) is 9.54. The Balaban J connectivity index is 1.27. The Hall–Kier alpha value is -4.73. The zero-order valence-electron chi connectivity index (χ0n) is 20.7. The quantitative estimate of drug-likeness (QED) is 0.305. The largest absolute Gasteiger partial charge is 0.401 e. The van der Waals surface area contributed by atoms with Gasteiger partial charge in [0.05, 0.1) is 23.4 Å². The molecule has 1 fully saturated rings. The molecule has 1 aromatic carbocycles. The van der Waals surface area contributed by atoms with E-state index in [0.29, 0.717) is 22.6 Å². The summed E-state index contributed by atoms with van der Waals surface area (Å²) in [6.45, 7) is 1.81. The number of carbonyl (C=O) groups excluding carboxylic acids is 1. The average molecular weight is 539 g/mol. The van der Waals surface area contributed by atoms with Gasteiger partial charge in [-0.15, -0.1) is 0 Å². The summed E-state index contributed by atoms with van der Waals surface area (Å²) in [4.78, 5) is 16.7. The van der Waals surface area contributed by atoms with Crippen LogP contribution in [0.1, 0.15) is 35.4 Å². The lowest BCUT2D eigenvalue weighted by Crippen LogP contribution is -2.28. The number of aromatic nitrogens is 4. The SMILES string of the molecule is Cc1nn(C)cc1Nc1ncc(-c2ccc(CC(=O)Nc3cc(C4(C(F)(F)F)CC4)on3)c(F)c2)cc1C#N. The Morgan fingerprint density at radius 3 is 2.62 bits per heavy atom. The molecule has 1 amide bonds. The van der Waals surface area contributed by atoms with Gasteiger partial charge < -0.3 is 15.2 Å². The number of amides is 1. The maximum Gasteiger partial charge on any atom is 0.401 e. The van der Waals surface area contributed by atoms with Crippen LogP contribution in [0.25, 0.3) is 11.1 Å². The van der Waals surface area contributed by atoms with E-state index in [1.165, 1.54) is 18.3 Å². The molecule has 1 aliphatic carbocycles. The number of benzene rings is 1. The Kier molecular flexibility index (Phi) is 6.33. The zero-order valence-corrected chi connectivity index (χ0v) is 20.7. The number of halogens is 4. The molecule has 3 heterocycles. The van der Waals surface area contributed by atoms with Gasteiger partial charge in [-0.3, -0.25) is 9.48 Å². The number of alkyl halides is 3. The van der Waals surface area contributed by atoms with Crippen molar-refractivity contribution in [3.63, 3.8) is 0 Å². The molecule has 0 spiro atoms. The number of hydrogen-bond donors (Lipinski definition) is 2. The number of anilines is 3. The van der Waals surface area contributed by atoms with Crippen molar-refractivity contribution < 1.29 is 26.9 Å². The lowest BCUT2D eigenvalue weighted by Gasteiger charge is -2.14. The summed E-state index contributed by atoms with van der Waals surface area (Å²) in [6, 6.07) is 8.90. The van der Waals surface area contributed by atoms with E-state index in [2.05, 4.69) is 31.9 Å². The molecular formula is C26H21F4N7O2. The third-order valence-corrected chi connectivity index (χ3v) is 6.55. The molecule has 4 aromatic rings. The number of aryl methyl sites for hydroxylation is 2. The summed E-state index contributed by atoms with van der Waals surface area (Å²) in [6.07, 6.45) is -1.82. The number of hydrogen-bond acceptors (Lipinski definition) is 7.